The molecular weight excluding hydrogens is 346 g/mol. The van der Waals surface area contributed by atoms with Gasteiger partial charge in [-0.3, -0.25) is 4.68 Å². The van der Waals surface area contributed by atoms with Crippen LogP contribution in [-0.2, 0) is 6.54 Å². The van der Waals surface area contributed by atoms with Gasteiger partial charge in [-0.05, 0) is 41.0 Å². The second-order valence-corrected chi connectivity index (χ2v) is 6.80. The van der Waals surface area contributed by atoms with Gasteiger partial charge in [0.05, 0.1) is 6.20 Å². The summed E-state index contributed by atoms with van der Waals surface area (Å²) in [5, 5.41) is 7.99. The quantitative estimate of drug-likeness (QED) is 0.696. The van der Waals surface area contributed by atoms with E-state index < -0.39 is 0 Å². The molecule has 1 aromatic carbocycles. The van der Waals surface area contributed by atoms with E-state index in [4.69, 9.17) is 0 Å². The minimum absolute atomic E-state index is 0.331. The molecule has 1 aromatic heterocycles. The van der Waals surface area contributed by atoms with Crippen molar-refractivity contribution < 1.29 is 0 Å². The van der Waals surface area contributed by atoms with Crippen LogP contribution in [0.25, 0.3) is 0 Å². The van der Waals surface area contributed by atoms with Gasteiger partial charge < -0.3 is 5.32 Å². The van der Waals surface area contributed by atoms with Crippen LogP contribution >= 0.6 is 27.7 Å². The molecule has 0 saturated carbocycles. The highest BCUT2D eigenvalue weighted by atomic mass is 79.9. The third kappa shape index (κ3) is 4.87. The van der Waals surface area contributed by atoms with E-state index in [9.17, 15) is 0 Å². The van der Waals surface area contributed by atoms with Crippen LogP contribution in [0.3, 0.4) is 0 Å². The summed E-state index contributed by atoms with van der Waals surface area (Å²) in [6.07, 6.45) is 5.26. The summed E-state index contributed by atoms with van der Waals surface area (Å²) in [7, 11) is 0. The molecule has 0 radical (unpaired) electrons. The topological polar surface area (TPSA) is 29.9 Å². The van der Waals surface area contributed by atoms with E-state index in [1.54, 1.807) is 0 Å². The lowest BCUT2D eigenvalue weighted by molar-refractivity contribution is 0.590. The fraction of sp³-hybridized carbons (Fsp3) is 0.438. The maximum atomic E-state index is 4.44. The summed E-state index contributed by atoms with van der Waals surface area (Å²) < 4.78 is 3.19. The maximum absolute atomic E-state index is 4.44. The molecule has 5 heteroatoms. The average Bonchev–Trinajstić information content (AvgIpc) is 2.94. The Balaban J connectivity index is 2.03. The first kappa shape index (κ1) is 16.6. The standard InChI is InChI=1S/C16H22BrN3S/c1-3-9-20-11-13(10-19-20)15(18-4-2)12-21-16-8-6-5-7-14(16)17/h5-8,10-11,15,18H,3-4,9,12H2,1-2H3. The summed E-state index contributed by atoms with van der Waals surface area (Å²) in [6, 6.07) is 8.69. The van der Waals surface area contributed by atoms with Gasteiger partial charge in [-0.25, -0.2) is 0 Å². The number of thioether (sulfide) groups is 1. The third-order valence-electron chi connectivity index (χ3n) is 3.20. The average molecular weight is 368 g/mol. The smallest absolute Gasteiger partial charge is 0.0537 e. The van der Waals surface area contributed by atoms with Gasteiger partial charge in [-0.15, -0.1) is 11.8 Å². The van der Waals surface area contributed by atoms with Crippen molar-refractivity contribution >= 4 is 27.7 Å². The molecule has 1 atom stereocenters. The van der Waals surface area contributed by atoms with Gasteiger partial charge in [0, 0.05) is 39.5 Å². The summed E-state index contributed by atoms with van der Waals surface area (Å²) in [5.41, 5.74) is 1.27. The second-order valence-electron chi connectivity index (χ2n) is 4.89. The van der Waals surface area contributed by atoms with Crippen LogP contribution in [0, 0.1) is 0 Å². The SMILES string of the molecule is CCCn1cc(C(CSc2ccccc2Br)NCC)cn1. The van der Waals surface area contributed by atoms with Crippen LogP contribution in [0.5, 0.6) is 0 Å². The highest BCUT2D eigenvalue weighted by Crippen LogP contribution is 2.30. The zero-order valence-electron chi connectivity index (χ0n) is 12.6. The van der Waals surface area contributed by atoms with Gasteiger partial charge in [-0.2, -0.15) is 5.10 Å². The van der Waals surface area contributed by atoms with Crippen molar-refractivity contribution in [1.82, 2.24) is 15.1 Å². The van der Waals surface area contributed by atoms with Crippen molar-refractivity contribution in [1.29, 1.82) is 0 Å². The predicted octanol–water partition coefficient (Wildman–Crippen LogP) is 4.50. The minimum Gasteiger partial charge on any atom is -0.309 e. The fourth-order valence-electron chi connectivity index (χ4n) is 2.17. The third-order valence-corrected chi connectivity index (χ3v) is 5.32. The molecule has 21 heavy (non-hydrogen) atoms. The van der Waals surface area contributed by atoms with Crippen molar-refractivity contribution in [2.75, 3.05) is 12.3 Å². The molecule has 3 nitrogen and oxygen atoms in total. The first-order valence-electron chi connectivity index (χ1n) is 7.37. The summed E-state index contributed by atoms with van der Waals surface area (Å²) in [6.45, 7) is 6.26. The molecule has 1 heterocycles. The molecule has 2 aromatic rings. The number of benzene rings is 1. The van der Waals surface area contributed by atoms with Crippen LogP contribution < -0.4 is 5.32 Å². The van der Waals surface area contributed by atoms with Crippen LogP contribution in [-0.4, -0.2) is 22.1 Å². The number of hydrogen-bond donors (Lipinski definition) is 1. The molecular formula is C16H22BrN3S. The van der Waals surface area contributed by atoms with E-state index in [2.05, 4.69) is 64.6 Å². The first-order valence-corrected chi connectivity index (χ1v) is 9.15. The van der Waals surface area contributed by atoms with Crippen LogP contribution in [0.1, 0.15) is 31.9 Å². The van der Waals surface area contributed by atoms with Crippen LogP contribution in [0.15, 0.2) is 46.0 Å². The molecule has 1 unspecified atom stereocenters. The largest absolute Gasteiger partial charge is 0.309 e. The molecule has 0 amide bonds. The Labute approximate surface area is 139 Å². The molecule has 0 aliphatic carbocycles. The normalized spacial score (nSPS) is 12.5. The monoisotopic (exact) mass is 367 g/mol. The van der Waals surface area contributed by atoms with Gasteiger partial charge in [0.15, 0.2) is 0 Å². The van der Waals surface area contributed by atoms with Gasteiger partial charge >= 0.3 is 0 Å². The fourth-order valence-corrected chi connectivity index (χ4v) is 3.83. The Kier molecular flexibility index (Phi) is 6.80. The molecule has 0 bridgehead atoms. The second kappa shape index (κ2) is 8.61. The number of hydrogen-bond acceptors (Lipinski definition) is 3. The predicted molar refractivity (Wildman–Crippen MR) is 93.8 cm³/mol. The van der Waals surface area contributed by atoms with Gasteiger partial charge in [0.25, 0.3) is 0 Å². The Morgan fingerprint density at radius 3 is 2.86 bits per heavy atom. The van der Waals surface area contributed by atoms with Crippen molar-refractivity contribution in [3.63, 3.8) is 0 Å². The number of rotatable bonds is 8. The lowest BCUT2D eigenvalue weighted by atomic mass is 10.2. The maximum Gasteiger partial charge on any atom is 0.0537 e. The van der Waals surface area contributed by atoms with E-state index in [0.29, 0.717) is 6.04 Å². The van der Waals surface area contributed by atoms with Gasteiger partial charge in [0.1, 0.15) is 0 Å². The van der Waals surface area contributed by atoms with Gasteiger partial charge in [-0.1, -0.05) is 26.0 Å². The zero-order chi connectivity index (χ0) is 15.1. The molecule has 0 aliphatic rings. The molecule has 2 rings (SSSR count). The molecule has 114 valence electrons. The van der Waals surface area contributed by atoms with Crippen molar-refractivity contribution in [2.24, 2.45) is 0 Å². The molecule has 0 aliphatic heterocycles. The van der Waals surface area contributed by atoms with E-state index in [1.165, 1.54) is 10.5 Å². The minimum atomic E-state index is 0.331. The molecule has 0 saturated heterocycles. The Morgan fingerprint density at radius 2 is 2.14 bits per heavy atom. The number of nitrogens with one attached hydrogen (secondary N) is 1. The summed E-state index contributed by atoms with van der Waals surface area (Å²) in [4.78, 5) is 1.28. The first-order chi connectivity index (χ1) is 10.2. The van der Waals surface area contributed by atoms with E-state index in [-0.39, 0.29) is 0 Å². The zero-order valence-corrected chi connectivity index (χ0v) is 15.0. The van der Waals surface area contributed by atoms with Crippen LogP contribution in [0.4, 0.5) is 0 Å². The highest BCUT2D eigenvalue weighted by molar-refractivity contribution is 9.10. The summed E-state index contributed by atoms with van der Waals surface area (Å²) in [5.74, 6) is 0.994. The summed E-state index contributed by atoms with van der Waals surface area (Å²) >= 11 is 5.47. The number of aryl methyl sites for hydroxylation is 1. The van der Waals surface area contributed by atoms with E-state index in [0.717, 1.165) is 29.7 Å². The molecule has 0 fully saturated rings. The van der Waals surface area contributed by atoms with E-state index in [1.807, 2.05) is 28.7 Å². The van der Waals surface area contributed by atoms with Gasteiger partial charge in [0.2, 0.25) is 0 Å². The Morgan fingerprint density at radius 1 is 1.33 bits per heavy atom. The lowest BCUT2D eigenvalue weighted by Gasteiger charge is -2.16. The molecule has 0 spiro atoms. The number of aromatic nitrogens is 2. The highest BCUT2D eigenvalue weighted by Gasteiger charge is 2.13. The number of nitrogens with zero attached hydrogens (tertiary/aromatic N) is 2. The van der Waals surface area contributed by atoms with Crippen molar-refractivity contribution in [3.8, 4) is 0 Å². The van der Waals surface area contributed by atoms with Crippen molar-refractivity contribution in [3.05, 3.63) is 46.7 Å². The number of halogens is 1. The Bertz CT molecular complexity index is 556. The van der Waals surface area contributed by atoms with Crippen molar-refractivity contribution in [2.45, 2.75) is 37.8 Å². The van der Waals surface area contributed by atoms with Crippen LogP contribution in [0.2, 0.25) is 0 Å². The Hall–Kier alpha value is -0.780. The lowest BCUT2D eigenvalue weighted by Crippen LogP contribution is -2.22. The van der Waals surface area contributed by atoms with E-state index >= 15 is 0 Å². The molecule has 1 N–H and O–H groups in total.